The van der Waals surface area contributed by atoms with Gasteiger partial charge in [0, 0.05) is 5.39 Å². The van der Waals surface area contributed by atoms with Crippen molar-refractivity contribution in [2.24, 2.45) is 0 Å². The second-order valence-electron chi connectivity index (χ2n) is 3.29. The zero-order valence-corrected chi connectivity index (χ0v) is 8.67. The lowest BCUT2D eigenvalue weighted by atomic mass is 10.0. The van der Waals surface area contributed by atoms with Gasteiger partial charge in [-0.2, -0.15) is 0 Å². The van der Waals surface area contributed by atoms with Gasteiger partial charge in [-0.05, 0) is 30.7 Å². The number of aromatic nitrogens is 1. The van der Waals surface area contributed by atoms with Gasteiger partial charge < -0.3 is 0 Å². The van der Waals surface area contributed by atoms with E-state index >= 15 is 0 Å². The average Bonchev–Trinajstić information content (AvgIpc) is 2.16. The summed E-state index contributed by atoms with van der Waals surface area (Å²) in [6.07, 6.45) is 0. The zero-order valence-electron chi connectivity index (χ0n) is 7.92. The summed E-state index contributed by atoms with van der Waals surface area (Å²) in [6, 6.07) is 9.74. The summed E-state index contributed by atoms with van der Waals surface area (Å²) in [5, 5.41) is 1.63. The number of fused-ring (bicyclic) bond motifs is 1. The maximum Gasteiger partial charge on any atom is 0.129 e. The van der Waals surface area contributed by atoms with Gasteiger partial charge in [0.25, 0.3) is 0 Å². The molecule has 0 amide bonds. The van der Waals surface area contributed by atoms with Crippen LogP contribution in [-0.4, -0.2) is 4.98 Å². The maximum absolute atomic E-state index is 5.82. The molecule has 1 aromatic carbocycles. The van der Waals surface area contributed by atoms with Crippen molar-refractivity contribution in [2.45, 2.75) is 6.92 Å². The highest BCUT2D eigenvalue weighted by Gasteiger charge is 2.02. The van der Waals surface area contributed by atoms with Crippen LogP contribution < -0.4 is 0 Å². The van der Waals surface area contributed by atoms with Crippen molar-refractivity contribution in [1.82, 2.24) is 4.98 Å². The molecule has 0 unspecified atom stereocenters. The van der Waals surface area contributed by atoms with E-state index in [-0.39, 0.29) is 0 Å². The molecule has 2 heteroatoms. The number of rotatable bonds is 1. The molecule has 0 aliphatic carbocycles. The van der Waals surface area contributed by atoms with Crippen LogP contribution in [0.3, 0.4) is 0 Å². The Hall–Kier alpha value is -1.34. The number of benzene rings is 1. The lowest BCUT2D eigenvalue weighted by Gasteiger charge is -2.04. The minimum Gasteiger partial charge on any atom is -0.236 e. The first kappa shape index (κ1) is 9.22. The molecule has 2 aromatic rings. The molecular formula is C12H10ClN. The van der Waals surface area contributed by atoms with Gasteiger partial charge in [0.15, 0.2) is 0 Å². The van der Waals surface area contributed by atoms with Crippen molar-refractivity contribution >= 4 is 28.1 Å². The Bertz CT molecular complexity index is 503. The molecule has 0 fully saturated rings. The predicted molar refractivity (Wildman–Crippen MR) is 61.5 cm³/mol. The summed E-state index contributed by atoms with van der Waals surface area (Å²) in [7, 11) is 0. The Morgan fingerprint density at radius 3 is 2.79 bits per heavy atom. The zero-order chi connectivity index (χ0) is 10.1. The molecule has 14 heavy (non-hydrogen) atoms. The molecule has 0 saturated heterocycles. The third-order valence-corrected chi connectivity index (χ3v) is 2.37. The Labute approximate surface area is 88.0 Å². The molecule has 2 rings (SSSR count). The van der Waals surface area contributed by atoms with Crippen molar-refractivity contribution in [1.29, 1.82) is 0 Å². The van der Waals surface area contributed by atoms with Gasteiger partial charge in [0.1, 0.15) is 5.15 Å². The molecule has 0 aliphatic heterocycles. The topological polar surface area (TPSA) is 12.9 Å². The molecule has 70 valence electrons. The molecule has 0 bridgehead atoms. The molecule has 0 saturated carbocycles. The monoisotopic (exact) mass is 203 g/mol. The first-order valence-corrected chi connectivity index (χ1v) is 4.77. The normalized spacial score (nSPS) is 10.4. The standard InChI is InChI=1S/C12H10ClN/c1-8(2)9-4-3-5-11-10(9)6-7-12(13)14-11/h3-7H,1H2,2H3. The van der Waals surface area contributed by atoms with Gasteiger partial charge >= 0.3 is 0 Å². The first-order chi connectivity index (χ1) is 6.68. The van der Waals surface area contributed by atoms with E-state index in [9.17, 15) is 0 Å². The van der Waals surface area contributed by atoms with Crippen LogP contribution in [0, 0.1) is 0 Å². The van der Waals surface area contributed by atoms with Crippen molar-refractivity contribution in [3.05, 3.63) is 47.6 Å². The van der Waals surface area contributed by atoms with Gasteiger partial charge in [0.05, 0.1) is 5.52 Å². The van der Waals surface area contributed by atoms with Crippen LogP contribution in [0.25, 0.3) is 16.5 Å². The Morgan fingerprint density at radius 2 is 2.07 bits per heavy atom. The van der Waals surface area contributed by atoms with Gasteiger partial charge in [0.2, 0.25) is 0 Å². The van der Waals surface area contributed by atoms with E-state index in [1.807, 2.05) is 31.2 Å². The van der Waals surface area contributed by atoms with Crippen molar-refractivity contribution in [3.8, 4) is 0 Å². The minimum atomic E-state index is 0.524. The molecule has 0 spiro atoms. The van der Waals surface area contributed by atoms with E-state index in [1.54, 1.807) is 6.07 Å². The Morgan fingerprint density at radius 1 is 1.29 bits per heavy atom. The van der Waals surface area contributed by atoms with Gasteiger partial charge in [-0.3, -0.25) is 0 Å². The van der Waals surface area contributed by atoms with Crippen molar-refractivity contribution < 1.29 is 0 Å². The molecule has 1 nitrogen and oxygen atoms in total. The van der Waals surface area contributed by atoms with Gasteiger partial charge in [-0.15, -0.1) is 0 Å². The van der Waals surface area contributed by atoms with E-state index < -0.39 is 0 Å². The largest absolute Gasteiger partial charge is 0.236 e. The number of hydrogen-bond donors (Lipinski definition) is 0. The molecule has 0 atom stereocenters. The van der Waals surface area contributed by atoms with Crippen LogP contribution >= 0.6 is 11.6 Å². The van der Waals surface area contributed by atoms with Crippen LogP contribution in [0.2, 0.25) is 5.15 Å². The van der Waals surface area contributed by atoms with Crippen LogP contribution in [0.15, 0.2) is 36.9 Å². The molecule has 1 heterocycles. The van der Waals surface area contributed by atoms with Crippen LogP contribution in [-0.2, 0) is 0 Å². The van der Waals surface area contributed by atoms with E-state index in [0.29, 0.717) is 5.15 Å². The summed E-state index contributed by atoms with van der Waals surface area (Å²) >= 11 is 5.82. The molecular weight excluding hydrogens is 194 g/mol. The molecule has 1 aromatic heterocycles. The smallest absolute Gasteiger partial charge is 0.129 e. The fraction of sp³-hybridized carbons (Fsp3) is 0.0833. The second-order valence-corrected chi connectivity index (χ2v) is 3.67. The maximum atomic E-state index is 5.82. The Balaban J connectivity index is 2.81. The quantitative estimate of drug-likeness (QED) is 0.641. The number of hydrogen-bond acceptors (Lipinski definition) is 1. The van der Waals surface area contributed by atoms with Crippen molar-refractivity contribution in [3.63, 3.8) is 0 Å². The first-order valence-electron chi connectivity index (χ1n) is 4.39. The Kier molecular flexibility index (Phi) is 2.26. The van der Waals surface area contributed by atoms with E-state index in [4.69, 9.17) is 11.6 Å². The summed E-state index contributed by atoms with van der Waals surface area (Å²) in [5.41, 5.74) is 3.09. The third kappa shape index (κ3) is 1.51. The summed E-state index contributed by atoms with van der Waals surface area (Å²) < 4.78 is 0. The lowest BCUT2D eigenvalue weighted by molar-refractivity contribution is 1.40. The van der Waals surface area contributed by atoms with Crippen LogP contribution in [0.1, 0.15) is 12.5 Å². The van der Waals surface area contributed by atoms with Crippen LogP contribution in [0.5, 0.6) is 0 Å². The fourth-order valence-electron chi connectivity index (χ4n) is 1.50. The van der Waals surface area contributed by atoms with Gasteiger partial charge in [-0.25, -0.2) is 4.98 Å². The number of halogens is 1. The number of nitrogens with zero attached hydrogens (tertiary/aromatic N) is 1. The number of allylic oxidation sites excluding steroid dienone is 1. The second kappa shape index (κ2) is 3.43. The molecule has 0 radical (unpaired) electrons. The SMILES string of the molecule is C=C(C)c1cccc2nc(Cl)ccc12. The third-order valence-electron chi connectivity index (χ3n) is 2.16. The van der Waals surface area contributed by atoms with E-state index in [1.165, 1.54) is 0 Å². The highest BCUT2D eigenvalue weighted by Crippen LogP contribution is 2.23. The fourth-order valence-corrected chi connectivity index (χ4v) is 1.66. The molecule has 0 aliphatic rings. The van der Waals surface area contributed by atoms with E-state index in [2.05, 4.69) is 11.6 Å². The van der Waals surface area contributed by atoms with Crippen molar-refractivity contribution in [2.75, 3.05) is 0 Å². The van der Waals surface area contributed by atoms with Crippen LogP contribution in [0.4, 0.5) is 0 Å². The minimum absolute atomic E-state index is 0.524. The highest BCUT2D eigenvalue weighted by molar-refractivity contribution is 6.29. The lowest BCUT2D eigenvalue weighted by Crippen LogP contribution is -1.84. The molecule has 0 N–H and O–H groups in total. The average molecular weight is 204 g/mol. The summed E-state index contributed by atoms with van der Waals surface area (Å²) in [5.74, 6) is 0. The number of pyridine rings is 1. The summed E-state index contributed by atoms with van der Waals surface area (Å²) in [4.78, 5) is 4.24. The predicted octanol–water partition coefficient (Wildman–Crippen LogP) is 3.92. The van der Waals surface area contributed by atoms with Gasteiger partial charge in [-0.1, -0.05) is 35.9 Å². The highest BCUT2D eigenvalue weighted by atomic mass is 35.5. The summed E-state index contributed by atoms with van der Waals surface area (Å²) in [6.45, 7) is 5.93. The van der Waals surface area contributed by atoms with E-state index in [0.717, 1.165) is 22.0 Å².